The maximum Gasteiger partial charge on any atom is 0.347 e. The third-order valence-electron chi connectivity index (χ3n) is 2.76. The van der Waals surface area contributed by atoms with Gasteiger partial charge in [0.05, 0.1) is 12.2 Å². The van der Waals surface area contributed by atoms with Crippen LogP contribution in [0.2, 0.25) is 0 Å². The number of carboxylic acids is 1. The molecule has 1 rings (SSSR count). The summed E-state index contributed by atoms with van der Waals surface area (Å²) in [5.41, 5.74) is 1.12. The van der Waals surface area contributed by atoms with Crippen LogP contribution in [-0.2, 0) is 19.0 Å². The Labute approximate surface area is 126 Å². The van der Waals surface area contributed by atoms with Gasteiger partial charge in [-0.2, -0.15) is 0 Å². The molecule has 0 spiro atoms. The van der Waals surface area contributed by atoms with Gasteiger partial charge in [0.25, 0.3) is 0 Å². The van der Waals surface area contributed by atoms with Crippen molar-refractivity contribution in [2.24, 2.45) is 0 Å². The van der Waals surface area contributed by atoms with Gasteiger partial charge in [0, 0.05) is 0 Å². The van der Waals surface area contributed by atoms with Gasteiger partial charge in [-0.25, -0.2) is 9.59 Å². The second-order valence-electron chi connectivity index (χ2n) is 4.36. The standard InChI is InChI=1S/C14H18O8/c1-9-2-4-10(5-3-9)14(19)22-12(13(17)18)11(21-8-16)6-20-7-15/h2-5,11-12,15-16H,6-8H2,1H3,(H,17,18)/t11?,12-/m1/s1. The van der Waals surface area contributed by atoms with E-state index >= 15 is 0 Å². The van der Waals surface area contributed by atoms with Crippen LogP contribution in [0.4, 0.5) is 0 Å². The first-order chi connectivity index (χ1) is 10.5. The Balaban J connectivity index is 2.82. The number of aliphatic hydroxyl groups excluding tert-OH is 2. The molecule has 8 nitrogen and oxygen atoms in total. The molecule has 1 aromatic carbocycles. The van der Waals surface area contributed by atoms with Gasteiger partial charge in [-0.1, -0.05) is 17.7 Å². The molecular formula is C14H18O8. The van der Waals surface area contributed by atoms with E-state index in [0.29, 0.717) is 0 Å². The molecule has 0 bridgehead atoms. The molecule has 3 N–H and O–H groups in total. The van der Waals surface area contributed by atoms with Crippen molar-refractivity contribution in [3.63, 3.8) is 0 Å². The Kier molecular flexibility index (Phi) is 7.47. The third-order valence-corrected chi connectivity index (χ3v) is 2.76. The summed E-state index contributed by atoms with van der Waals surface area (Å²) in [6.45, 7) is 0.0244. The van der Waals surface area contributed by atoms with Gasteiger partial charge in [0.15, 0.2) is 0 Å². The molecule has 0 heterocycles. The van der Waals surface area contributed by atoms with Crippen molar-refractivity contribution in [2.45, 2.75) is 19.1 Å². The Morgan fingerprint density at radius 3 is 2.27 bits per heavy atom. The molecular weight excluding hydrogens is 296 g/mol. The molecule has 0 aliphatic carbocycles. The summed E-state index contributed by atoms with van der Waals surface area (Å²) in [7, 11) is 0. The number of esters is 1. The normalized spacial score (nSPS) is 13.4. The van der Waals surface area contributed by atoms with Gasteiger partial charge in [-0.3, -0.25) is 0 Å². The third kappa shape index (κ3) is 5.41. The van der Waals surface area contributed by atoms with E-state index in [2.05, 4.69) is 4.74 Å². The van der Waals surface area contributed by atoms with E-state index in [0.717, 1.165) is 5.56 Å². The first-order valence-electron chi connectivity index (χ1n) is 6.41. The minimum Gasteiger partial charge on any atom is -0.478 e. The van der Waals surface area contributed by atoms with E-state index in [4.69, 9.17) is 24.8 Å². The molecule has 0 aliphatic heterocycles. The van der Waals surface area contributed by atoms with Crippen LogP contribution in [0, 0.1) is 6.92 Å². The molecule has 0 saturated carbocycles. The maximum atomic E-state index is 12.0. The number of aliphatic hydroxyl groups is 2. The number of carbonyl (C=O) groups is 2. The number of rotatable bonds is 9. The highest BCUT2D eigenvalue weighted by molar-refractivity contribution is 5.91. The monoisotopic (exact) mass is 314 g/mol. The van der Waals surface area contributed by atoms with Crippen LogP contribution in [0.3, 0.4) is 0 Å². The van der Waals surface area contributed by atoms with E-state index < -0.39 is 37.7 Å². The van der Waals surface area contributed by atoms with Gasteiger partial charge in [0.2, 0.25) is 6.10 Å². The lowest BCUT2D eigenvalue weighted by Crippen LogP contribution is -2.43. The fourth-order valence-electron chi connectivity index (χ4n) is 1.65. The molecule has 0 amide bonds. The molecule has 122 valence electrons. The second kappa shape index (κ2) is 9.11. The van der Waals surface area contributed by atoms with E-state index in [1.165, 1.54) is 12.1 Å². The number of aryl methyl sites for hydroxylation is 1. The van der Waals surface area contributed by atoms with E-state index in [1.807, 2.05) is 6.92 Å². The number of carbonyl (C=O) groups excluding carboxylic acids is 1. The fraction of sp³-hybridized carbons (Fsp3) is 0.429. The molecule has 8 heteroatoms. The number of hydrogen-bond donors (Lipinski definition) is 3. The van der Waals surface area contributed by atoms with Crippen molar-refractivity contribution < 1.29 is 39.1 Å². The highest BCUT2D eigenvalue weighted by atomic mass is 16.6. The molecule has 1 unspecified atom stereocenters. The highest BCUT2D eigenvalue weighted by Gasteiger charge is 2.33. The van der Waals surface area contributed by atoms with Crippen LogP contribution < -0.4 is 0 Å². The van der Waals surface area contributed by atoms with Gasteiger partial charge in [-0.15, -0.1) is 0 Å². The zero-order valence-electron chi connectivity index (χ0n) is 12.0. The summed E-state index contributed by atoms with van der Waals surface area (Å²) in [5, 5.41) is 26.5. The molecule has 0 aromatic heterocycles. The average Bonchev–Trinajstić information content (AvgIpc) is 2.49. The Bertz CT molecular complexity index is 484. The van der Waals surface area contributed by atoms with Crippen molar-refractivity contribution in [2.75, 3.05) is 20.2 Å². The van der Waals surface area contributed by atoms with Crippen molar-refractivity contribution in [3.05, 3.63) is 35.4 Å². The Morgan fingerprint density at radius 2 is 1.77 bits per heavy atom. The molecule has 22 heavy (non-hydrogen) atoms. The summed E-state index contributed by atoms with van der Waals surface area (Å²) in [6.07, 6.45) is -2.95. The van der Waals surface area contributed by atoms with Crippen molar-refractivity contribution in [3.8, 4) is 0 Å². The van der Waals surface area contributed by atoms with Crippen molar-refractivity contribution in [1.29, 1.82) is 0 Å². The van der Waals surface area contributed by atoms with Crippen LogP contribution in [0.5, 0.6) is 0 Å². The molecule has 0 saturated heterocycles. The van der Waals surface area contributed by atoms with Gasteiger partial charge >= 0.3 is 11.9 Å². The zero-order valence-corrected chi connectivity index (χ0v) is 12.0. The topological polar surface area (TPSA) is 123 Å². The number of carboxylic acid groups (broad SMARTS) is 1. The van der Waals surface area contributed by atoms with Crippen LogP contribution in [-0.4, -0.2) is 59.7 Å². The van der Waals surface area contributed by atoms with E-state index in [1.54, 1.807) is 12.1 Å². The van der Waals surface area contributed by atoms with Crippen LogP contribution in [0.25, 0.3) is 0 Å². The Morgan fingerprint density at radius 1 is 1.14 bits per heavy atom. The second-order valence-corrected chi connectivity index (χ2v) is 4.36. The van der Waals surface area contributed by atoms with Crippen LogP contribution >= 0.6 is 0 Å². The number of aliphatic carboxylic acids is 1. The minimum absolute atomic E-state index is 0.183. The number of benzene rings is 1. The summed E-state index contributed by atoms with van der Waals surface area (Å²) < 4.78 is 14.3. The van der Waals surface area contributed by atoms with Gasteiger partial charge < -0.3 is 29.5 Å². The lowest BCUT2D eigenvalue weighted by molar-refractivity contribution is -0.172. The lowest BCUT2D eigenvalue weighted by Gasteiger charge is -2.23. The van der Waals surface area contributed by atoms with Crippen molar-refractivity contribution >= 4 is 11.9 Å². The highest BCUT2D eigenvalue weighted by Crippen LogP contribution is 2.11. The lowest BCUT2D eigenvalue weighted by atomic mass is 10.1. The smallest absolute Gasteiger partial charge is 0.347 e. The molecule has 0 fully saturated rings. The first-order valence-corrected chi connectivity index (χ1v) is 6.41. The molecule has 1 aromatic rings. The number of ether oxygens (including phenoxy) is 3. The van der Waals surface area contributed by atoms with Crippen LogP contribution in [0.15, 0.2) is 24.3 Å². The first kappa shape index (κ1) is 18.1. The van der Waals surface area contributed by atoms with Gasteiger partial charge in [-0.05, 0) is 19.1 Å². The molecule has 2 atom stereocenters. The quantitative estimate of drug-likeness (QED) is 0.427. The summed E-state index contributed by atoms with van der Waals surface area (Å²) in [6, 6.07) is 6.37. The predicted molar refractivity (Wildman–Crippen MR) is 73.0 cm³/mol. The molecule has 0 aliphatic rings. The summed E-state index contributed by atoms with van der Waals surface area (Å²) in [5.74, 6) is -2.30. The fourth-order valence-corrected chi connectivity index (χ4v) is 1.65. The van der Waals surface area contributed by atoms with Crippen LogP contribution in [0.1, 0.15) is 15.9 Å². The summed E-state index contributed by atoms with van der Waals surface area (Å²) in [4.78, 5) is 23.2. The largest absolute Gasteiger partial charge is 0.478 e. The maximum absolute atomic E-state index is 12.0. The number of hydrogen-bond acceptors (Lipinski definition) is 7. The predicted octanol–water partition coefficient (Wildman–Crippen LogP) is -0.0936. The molecule has 0 radical (unpaired) electrons. The van der Waals surface area contributed by atoms with Crippen molar-refractivity contribution in [1.82, 2.24) is 0 Å². The summed E-state index contributed by atoms with van der Waals surface area (Å²) >= 11 is 0. The van der Waals surface area contributed by atoms with Gasteiger partial charge in [0.1, 0.15) is 19.7 Å². The minimum atomic E-state index is -1.69. The zero-order chi connectivity index (χ0) is 16.5. The SMILES string of the molecule is Cc1ccc(C(=O)O[C@@H](C(=O)O)C(COCO)OCO)cc1. The Hall–Kier alpha value is -2.00. The van der Waals surface area contributed by atoms with E-state index in [-0.39, 0.29) is 12.2 Å². The average molecular weight is 314 g/mol. The van der Waals surface area contributed by atoms with E-state index in [9.17, 15) is 9.59 Å².